The quantitative estimate of drug-likeness (QED) is 0.860. The number of carbonyl (C=O) groups is 2. The summed E-state index contributed by atoms with van der Waals surface area (Å²) in [6.45, 7) is 3.06. The van der Waals surface area contributed by atoms with Crippen LogP contribution in [0.1, 0.15) is 29.8 Å². The van der Waals surface area contributed by atoms with Gasteiger partial charge in [0.25, 0.3) is 5.91 Å². The number of hydrogen-bond donors (Lipinski definition) is 1. The molecule has 0 saturated carbocycles. The number of anilines is 1. The number of Topliss-reactive ketones (excluding diaryl/α,β-unsaturated/α-hetero) is 1. The number of carbonyl (C=O) groups excluding carboxylic acids is 2. The van der Waals surface area contributed by atoms with E-state index >= 15 is 0 Å². The second kappa shape index (κ2) is 7.23. The number of ether oxygens (including phenoxy) is 1. The van der Waals surface area contributed by atoms with Gasteiger partial charge in [-0.1, -0.05) is 12.1 Å². The Bertz CT molecular complexity index is 761. The third kappa shape index (κ3) is 4.17. The average Bonchev–Trinajstić information content (AvgIpc) is 2.55. The summed E-state index contributed by atoms with van der Waals surface area (Å²) in [7, 11) is 0. The second-order valence-electron chi connectivity index (χ2n) is 4.99. The zero-order chi connectivity index (χ0) is 16.8. The lowest BCUT2D eigenvalue weighted by Crippen LogP contribution is -2.30. The van der Waals surface area contributed by atoms with E-state index in [0.29, 0.717) is 22.6 Å². The number of amides is 1. The summed E-state index contributed by atoms with van der Waals surface area (Å²) < 4.78 is 5.54. The largest absolute Gasteiger partial charge is 0.481 e. The molecule has 0 spiro atoms. The van der Waals surface area contributed by atoms with Crippen molar-refractivity contribution >= 4 is 17.4 Å². The third-order valence-corrected chi connectivity index (χ3v) is 3.23. The van der Waals surface area contributed by atoms with E-state index < -0.39 is 6.10 Å². The Balaban J connectivity index is 2.05. The maximum Gasteiger partial charge on any atom is 0.265 e. The second-order valence-corrected chi connectivity index (χ2v) is 4.99. The molecule has 0 aliphatic carbocycles. The molecule has 116 valence electrons. The number of benzene rings is 2. The van der Waals surface area contributed by atoms with Gasteiger partial charge in [0.2, 0.25) is 0 Å². The van der Waals surface area contributed by atoms with Crippen LogP contribution in [0.15, 0.2) is 48.5 Å². The molecule has 0 fully saturated rings. The van der Waals surface area contributed by atoms with Crippen LogP contribution in [-0.4, -0.2) is 17.8 Å². The standard InChI is InChI=1S/C18H16N2O3/c1-12(21)16-5-3-4-6-17(16)20-18(22)13(2)23-15-9-7-14(11-19)8-10-15/h3-10,13H,1-2H3,(H,20,22). The van der Waals surface area contributed by atoms with Crippen molar-refractivity contribution in [2.75, 3.05) is 5.32 Å². The van der Waals surface area contributed by atoms with Gasteiger partial charge in [0, 0.05) is 5.56 Å². The van der Waals surface area contributed by atoms with Crippen molar-refractivity contribution in [2.24, 2.45) is 0 Å². The first-order chi connectivity index (χ1) is 11.0. The predicted molar refractivity (Wildman–Crippen MR) is 86.3 cm³/mol. The molecule has 2 aromatic carbocycles. The number of hydrogen-bond acceptors (Lipinski definition) is 4. The molecule has 2 aromatic rings. The third-order valence-electron chi connectivity index (χ3n) is 3.23. The molecule has 2 rings (SSSR count). The van der Waals surface area contributed by atoms with Gasteiger partial charge in [0.15, 0.2) is 11.9 Å². The summed E-state index contributed by atoms with van der Waals surface area (Å²) in [6, 6.07) is 15.3. The van der Waals surface area contributed by atoms with Gasteiger partial charge >= 0.3 is 0 Å². The molecule has 23 heavy (non-hydrogen) atoms. The molecular weight excluding hydrogens is 292 g/mol. The number of rotatable bonds is 5. The monoisotopic (exact) mass is 308 g/mol. The van der Waals surface area contributed by atoms with Crippen molar-refractivity contribution < 1.29 is 14.3 Å². The van der Waals surface area contributed by atoms with Crippen LogP contribution in [0.5, 0.6) is 5.75 Å². The maximum absolute atomic E-state index is 12.2. The molecule has 0 heterocycles. The predicted octanol–water partition coefficient (Wildman–Crippen LogP) is 3.17. The molecular formula is C18H16N2O3. The highest BCUT2D eigenvalue weighted by atomic mass is 16.5. The van der Waals surface area contributed by atoms with Gasteiger partial charge in [-0.15, -0.1) is 0 Å². The Morgan fingerprint density at radius 3 is 2.39 bits per heavy atom. The number of ketones is 1. The molecule has 0 aliphatic heterocycles. The summed E-state index contributed by atoms with van der Waals surface area (Å²) in [5.74, 6) is 0.0103. The Morgan fingerprint density at radius 1 is 1.13 bits per heavy atom. The minimum absolute atomic E-state index is 0.124. The van der Waals surface area contributed by atoms with Gasteiger partial charge in [0.05, 0.1) is 17.3 Å². The highest BCUT2D eigenvalue weighted by molar-refractivity contribution is 6.04. The van der Waals surface area contributed by atoms with Crippen molar-refractivity contribution in [3.8, 4) is 11.8 Å². The van der Waals surface area contributed by atoms with Crippen LogP contribution in [0.25, 0.3) is 0 Å². The highest BCUT2D eigenvalue weighted by Gasteiger charge is 2.17. The molecule has 0 saturated heterocycles. The van der Waals surface area contributed by atoms with E-state index in [1.807, 2.05) is 6.07 Å². The molecule has 5 heteroatoms. The van der Waals surface area contributed by atoms with Crippen molar-refractivity contribution in [1.82, 2.24) is 0 Å². The number of para-hydroxylation sites is 1. The molecule has 0 bridgehead atoms. The normalized spacial score (nSPS) is 11.2. The Kier molecular flexibility index (Phi) is 5.11. The van der Waals surface area contributed by atoms with Crippen LogP contribution in [0.4, 0.5) is 5.69 Å². The first kappa shape index (κ1) is 16.2. The van der Waals surface area contributed by atoms with Gasteiger partial charge in [-0.3, -0.25) is 9.59 Å². The Hall–Kier alpha value is -3.13. The summed E-state index contributed by atoms with van der Waals surface area (Å²) in [4.78, 5) is 23.8. The SMILES string of the molecule is CC(=O)c1ccccc1NC(=O)C(C)Oc1ccc(C#N)cc1. The van der Waals surface area contributed by atoms with Gasteiger partial charge in [-0.05, 0) is 50.2 Å². The number of nitrogens with one attached hydrogen (secondary N) is 1. The maximum atomic E-state index is 12.2. The van der Waals surface area contributed by atoms with Crippen LogP contribution in [0.3, 0.4) is 0 Å². The zero-order valence-corrected chi connectivity index (χ0v) is 12.9. The van der Waals surface area contributed by atoms with Gasteiger partial charge in [0.1, 0.15) is 5.75 Å². The minimum atomic E-state index is -0.747. The fourth-order valence-corrected chi connectivity index (χ4v) is 2.00. The molecule has 1 atom stereocenters. The van der Waals surface area contributed by atoms with Crippen LogP contribution in [0.2, 0.25) is 0 Å². The topological polar surface area (TPSA) is 79.2 Å². The number of nitrogens with zero attached hydrogens (tertiary/aromatic N) is 1. The molecule has 1 N–H and O–H groups in total. The minimum Gasteiger partial charge on any atom is -0.481 e. The smallest absolute Gasteiger partial charge is 0.265 e. The Morgan fingerprint density at radius 2 is 1.78 bits per heavy atom. The van der Waals surface area contributed by atoms with E-state index in [2.05, 4.69) is 5.32 Å². The first-order valence-electron chi connectivity index (χ1n) is 7.09. The van der Waals surface area contributed by atoms with Crippen LogP contribution in [0, 0.1) is 11.3 Å². The van der Waals surface area contributed by atoms with E-state index in [-0.39, 0.29) is 11.7 Å². The van der Waals surface area contributed by atoms with Crippen molar-refractivity contribution in [3.05, 3.63) is 59.7 Å². The fraction of sp³-hybridized carbons (Fsp3) is 0.167. The van der Waals surface area contributed by atoms with E-state index in [1.165, 1.54) is 6.92 Å². The van der Waals surface area contributed by atoms with Gasteiger partial charge in [-0.2, -0.15) is 5.26 Å². The molecule has 0 aromatic heterocycles. The fourth-order valence-electron chi connectivity index (χ4n) is 2.00. The first-order valence-corrected chi connectivity index (χ1v) is 7.09. The summed E-state index contributed by atoms with van der Waals surface area (Å²) >= 11 is 0. The lowest BCUT2D eigenvalue weighted by Gasteiger charge is -2.16. The zero-order valence-electron chi connectivity index (χ0n) is 12.9. The lowest BCUT2D eigenvalue weighted by atomic mass is 10.1. The van der Waals surface area contributed by atoms with E-state index in [9.17, 15) is 9.59 Å². The summed E-state index contributed by atoms with van der Waals surface area (Å²) in [5.41, 5.74) is 1.43. The van der Waals surface area contributed by atoms with Crippen molar-refractivity contribution in [3.63, 3.8) is 0 Å². The lowest BCUT2D eigenvalue weighted by molar-refractivity contribution is -0.122. The number of nitriles is 1. The van der Waals surface area contributed by atoms with Gasteiger partial charge in [-0.25, -0.2) is 0 Å². The van der Waals surface area contributed by atoms with E-state index in [1.54, 1.807) is 55.5 Å². The molecule has 1 amide bonds. The van der Waals surface area contributed by atoms with Crippen molar-refractivity contribution in [2.45, 2.75) is 20.0 Å². The average molecular weight is 308 g/mol. The molecule has 1 unspecified atom stereocenters. The summed E-state index contributed by atoms with van der Waals surface area (Å²) in [5, 5.41) is 11.4. The van der Waals surface area contributed by atoms with E-state index in [0.717, 1.165) is 0 Å². The Labute approximate surface area is 134 Å². The van der Waals surface area contributed by atoms with Crippen molar-refractivity contribution in [1.29, 1.82) is 5.26 Å². The molecule has 0 radical (unpaired) electrons. The van der Waals surface area contributed by atoms with Crippen LogP contribution < -0.4 is 10.1 Å². The molecule has 0 aliphatic rings. The summed E-state index contributed by atoms with van der Waals surface area (Å²) in [6.07, 6.45) is -0.747. The highest BCUT2D eigenvalue weighted by Crippen LogP contribution is 2.17. The van der Waals surface area contributed by atoms with Crippen LogP contribution >= 0.6 is 0 Å². The van der Waals surface area contributed by atoms with Crippen LogP contribution in [-0.2, 0) is 4.79 Å². The van der Waals surface area contributed by atoms with Gasteiger partial charge < -0.3 is 10.1 Å². The molecule has 5 nitrogen and oxygen atoms in total. The van der Waals surface area contributed by atoms with E-state index in [4.69, 9.17) is 10.00 Å².